The largest absolute Gasteiger partial charge is 0.467 e. The fraction of sp³-hybridized carbons (Fsp3) is 0.438. The number of carbonyl (C=O) groups excluding carboxylic acids is 2. The molecule has 2 aromatic carbocycles. The number of benzene rings is 2. The van der Waals surface area contributed by atoms with Crippen molar-refractivity contribution in [3.63, 3.8) is 0 Å². The molecule has 0 aliphatic carbocycles. The summed E-state index contributed by atoms with van der Waals surface area (Å²) in [5.41, 5.74) is 2.47. The summed E-state index contributed by atoms with van der Waals surface area (Å²) >= 11 is 0. The molecule has 0 saturated carbocycles. The van der Waals surface area contributed by atoms with Crippen LogP contribution in [0.1, 0.15) is 54.4 Å². The highest BCUT2D eigenvalue weighted by atomic mass is 19.1. The molecule has 1 aliphatic rings. The molecule has 1 aliphatic heterocycles. The first kappa shape index (κ1) is 29.5. The summed E-state index contributed by atoms with van der Waals surface area (Å²) in [5.74, 6) is -0.0668. The van der Waals surface area contributed by atoms with Crippen molar-refractivity contribution in [3.8, 4) is 0 Å². The number of halogens is 1. The Morgan fingerprint density at radius 3 is 2.25 bits per heavy atom. The Bertz CT molecular complexity index is 1210. The van der Waals surface area contributed by atoms with Crippen molar-refractivity contribution in [2.24, 2.45) is 0 Å². The van der Waals surface area contributed by atoms with E-state index in [2.05, 4.69) is 25.7 Å². The smallest absolute Gasteiger partial charge is 0.254 e. The predicted molar refractivity (Wildman–Crippen MR) is 152 cm³/mol. The highest BCUT2D eigenvalue weighted by Gasteiger charge is 2.24. The molecule has 0 unspecified atom stereocenters. The Morgan fingerprint density at radius 2 is 1.62 bits per heavy atom. The summed E-state index contributed by atoms with van der Waals surface area (Å²) in [6.45, 7) is 11.3. The van der Waals surface area contributed by atoms with E-state index in [9.17, 15) is 14.0 Å². The molecule has 1 aromatic heterocycles. The van der Waals surface area contributed by atoms with Crippen LogP contribution in [0.15, 0.2) is 71.3 Å². The van der Waals surface area contributed by atoms with Crippen LogP contribution < -0.4 is 0 Å². The SMILES string of the molecule is CC(C)(C)c1ccc(C(=O)N(CCCN2CCOCC2)CC(=O)N(Cc2ccc(F)cc2)Cc2ccco2)cc1. The van der Waals surface area contributed by atoms with Crippen molar-refractivity contribution in [1.29, 1.82) is 0 Å². The summed E-state index contributed by atoms with van der Waals surface area (Å²) in [7, 11) is 0. The average molecular weight is 550 g/mol. The van der Waals surface area contributed by atoms with Crippen LogP contribution in [0.2, 0.25) is 0 Å². The number of nitrogens with zero attached hydrogens (tertiary/aromatic N) is 3. The van der Waals surface area contributed by atoms with E-state index in [4.69, 9.17) is 9.15 Å². The molecule has 0 spiro atoms. The lowest BCUT2D eigenvalue weighted by Crippen LogP contribution is -2.44. The molecular weight excluding hydrogens is 509 g/mol. The number of rotatable bonds is 11. The van der Waals surface area contributed by atoms with Crippen LogP contribution >= 0.6 is 0 Å². The maximum absolute atomic E-state index is 13.7. The zero-order valence-electron chi connectivity index (χ0n) is 23.8. The summed E-state index contributed by atoms with van der Waals surface area (Å²) < 4.78 is 24.5. The van der Waals surface area contributed by atoms with Crippen molar-refractivity contribution in [2.45, 2.75) is 45.7 Å². The van der Waals surface area contributed by atoms with E-state index in [1.54, 1.807) is 34.3 Å². The van der Waals surface area contributed by atoms with Crippen molar-refractivity contribution in [2.75, 3.05) is 45.9 Å². The lowest BCUT2D eigenvalue weighted by molar-refractivity contribution is -0.133. The van der Waals surface area contributed by atoms with E-state index >= 15 is 0 Å². The lowest BCUT2D eigenvalue weighted by Gasteiger charge is -2.30. The molecule has 3 aromatic rings. The number of ether oxygens (including phenoxy) is 1. The normalized spacial score (nSPS) is 14.2. The van der Waals surface area contributed by atoms with Gasteiger partial charge in [0.05, 0.1) is 26.0 Å². The summed E-state index contributed by atoms with van der Waals surface area (Å²) in [5, 5.41) is 0. The minimum Gasteiger partial charge on any atom is -0.467 e. The quantitative estimate of drug-likeness (QED) is 0.333. The van der Waals surface area contributed by atoms with Crippen LogP contribution in [0.25, 0.3) is 0 Å². The average Bonchev–Trinajstić information content (AvgIpc) is 3.46. The third-order valence-electron chi connectivity index (χ3n) is 7.18. The Kier molecular flexibility index (Phi) is 10.1. The third kappa shape index (κ3) is 8.50. The number of amides is 2. The molecule has 0 N–H and O–H groups in total. The van der Waals surface area contributed by atoms with Crippen LogP contribution in [0.5, 0.6) is 0 Å². The number of hydrogen-bond donors (Lipinski definition) is 0. The molecule has 2 heterocycles. The molecule has 2 amide bonds. The van der Waals surface area contributed by atoms with Gasteiger partial charge in [-0.05, 0) is 59.4 Å². The van der Waals surface area contributed by atoms with Crippen LogP contribution in [0, 0.1) is 5.82 Å². The summed E-state index contributed by atoms with van der Waals surface area (Å²) in [4.78, 5) is 33.1. The van der Waals surface area contributed by atoms with Gasteiger partial charge in [-0.25, -0.2) is 4.39 Å². The van der Waals surface area contributed by atoms with Gasteiger partial charge in [-0.2, -0.15) is 0 Å². The van der Waals surface area contributed by atoms with E-state index in [0.29, 0.717) is 31.1 Å². The van der Waals surface area contributed by atoms with Gasteiger partial charge in [-0.15, -0.1) is 0 Å². The molecule has 0 atom stereocenters. The van der Waals surface area contributed by atoms with Crippen molar-refractivity contribution in [1.82, 2.24) is 14.7 Å². The maximum atomic E-state index is 13.7. The molecule has 214 valence electrons. The van der Waals surface area contributed by atoms with Gasteiger partial charge in [0.15, 0.2) is 0 Å². The summed E-state index contributed by atoms with van der Waals surface area (Å²) in [6.07, 6.45) is 2.31. The Hall–Kier alpha value is -3.49. The fourth-order valence-corrected chi connectivity index (χ4v) is 4.75. The molecule has 8 heteroatoms. The zero-order chi connectivity index (χ0) is 28.5. The van der Waals surface area contributed by atoms with Gasteiger partial charge in [0.2, 0.25) is 5.91 Å². The van der Waals surface area contributed by atoms with Crippen LogP contribution in [-0.2, 0) is 28.0 Å². The Balaban J connectivity index is 1.51. The summed E-state index contributed by atoms with van der Waals surface area (Å²) in [6, 6.07) is 17.4. The lowest BCUT2D eigenvalue weighted by atomic mass is 9.86. The van der Waals surface area contributed by atoms with Crippen molar-refractivity contribution >= 4 is 11.8 Å². The first-order chi connectivity index (χ1) is 19.2. The standard InChI is InChI=1S/C32H40FN3O4/c1-32(2,3)27-11-9-26(10-12-27)31(38)35(16-5-15-34-17-20-39-21-18-34)24-30(37)36(23-29-6-4-19-40-29)22-25-7-13-28(33)14-8-25/h4,6-14,19H,5,15-18,20-24H2,1-3H3. The first-order valence-electron chi connectivity index (χ1n) is 13.9. The van der Waals surface area contributed by atoms with Gasteiger partial charge in [0.25, 0.3) is 5.91 Å². The second kappa shape index (κ2) is 13.7. The van der Waals surface area contributed by atoms with E-state index in [0.717, 1.165) is 37.2 Å². The molecule has 40 heavy (non-hydrogen) atoms. The fourth-order valence-electron chi connectivity index (χ4n) is 4.75. The monoisotopic (exact) mass is 549 g/mol. The van der Waals surface area contributed by atoms with E-state index in [1.165, 1.54) is 12.1 Å². The minimum atomic E-state index is -0.331. The van der Waals surface area contributed by atoms with Crippen LogP contribution in [-0.4, -0.2) is 72.5 Å². The van der Waals surface area contributed by atoms with Crippen LogP contribution in [0.3, 0.4) is 0 Å². The number of furan rings is 1. The minimum absolute atomic E-state index is 0.0257. The Labute approximate surface area is 236 Å². The molecule has 1 fully saturated rings. The predicted octanol–water partition coefficient (Wildman–Crippen LogP) is 5.11. The van der Waals surface area contributed by atoms with Gasteiger partial charge < -0.3 is 19.0 Å². The molecular formula is C32H40FN3O4. The number of morpholine rings is 1. The first-order valence-corrected chi connectivity index (χ1v) is 13.9. The third-order valence-corrected chi connectivity index (χ3v) is 7.18. The molecule has 1 saturated heterocycles. The Morgan fingerprint density at radius 1 is 0.925 bits per heavy atom. The van der Waals surface area contributed by atoms with Gasteiger partial charge in [-0.3, -0.25) is 14.5 Å². The van der Waals surface area contributed by atoms with Crippen LogP contribution in [0.4, 0.5) is 4.39 Å². The second-order valence-electron chi connectivity index (χ2n) is 11.3. The highest BCUT2D eigenvalue weighted by molar-refractivity contribution is 5.96. The molecule has 0 bridgehead atoms. The number of carbonyl (C=O) groups is 2. The van der Waals surface area contributed by atoms with Gasteiger partial charge in [-0.1, -0.05) is 45.0 Å². The topological polar surface area (TPSA) is 66.2 Å². The molecule has 4 rings (SSSR count). The second-order valence-corrected chi connectivity index (χ2v) is 11.3. The van der Waals surface area contributed by atoms with E-state index in [-0.39, 0.29) is 42.7 Å². The van der Waals surface area contributed by atoms with Gasteiger partial charge in [0, 0.05) is 38.3 Å². The highest BCUT2D eigenvalue weighted by Crippen LogP contribution is 2.23. The number of hydrogen-bond acceptors (Lipinski definition) is 5. The van der Waals surface area contributed by atoms with E-state index < -0.39 is 0 Å². The molecule has 0 radical (unpaired) electrons. The van der Waals surface area contributed by atoms with Crippen molar-refractivity contribution in [3.05, 3.63) is 95.2 Å². The van der Waals surface area contributed by atoms with E-state index in [1.807, 2.05) is 30.3 Å². The van der Waals surface area contributed by atoms with Crippen molar-refractivity contribution < 1.29 is 23.1 Å². The van der Waals surface area contributed by atoms with Gasteiger partial charge in [0.1, 0.15) is 18.1 Å². The van der Waals surface area contributed by atoms with Gasteiger partial charge >= 0.3 is 0 Å². The molecule has 7 nitrogen and oxygen atoms in total. The zero-order valence-corrected chi connectivity index (χ0v) is 23.8. The maximum Gasteiger partial charge on any atom is 0.254 e.